The third kappa shape index (κ3) is 3.16. The lowest BCUT2D eigenvalue weighted by molar-refractivity contribution is -0.0718. The van der Waals surface area contributed by atoms with Crippen molar-refractivity contribution in [2.75, 3.05) is 7.11 Å². The number of hydrogen-bond donors (Lipinski definition) is 2. The molecular formula is C12H26N2O. The maximum Gasteiger partial charge on any atom is 0.0844 e. The van der Waals surface area contributed by atoms with Crippen LogP contribution in [0.5, 0.6) is 0 Å². The van der Waals surface area contributed by atoms with E-state index >= 15 is 0 Å². The van der Waals surface area contributed by atoms with E-state index in [9.17, 15) is 0 Å². The number of hydrazine groups is 1. The predicted molar refractivity (Wildman–Crippen MR) is 63.4 cm³/mol. The highest BCUT2D eigenvalue weighted by Gasteiger charge is 2.39. The predicted octanol–water partition coefficient (Wildman–Crippen LogP) is 2.21. The van der Waals surface area contributed by atoms with Crippen molar-refractivity contribution in [1.29, 1.82) is 0 Å². The lowest BCUT2D eigenvalue weighted by Gasteiger charge is -2.42. The number of nitrogens with one attached hydrogen (secondary N) is 1. The first-order valence-corrected chi connectivity index (χ1v) is 6.16. The van der Waals surface area contributed by atoms with E-state index in [0.29, 0.717) is 12.0 Å². The molecule has 3 N–H and O–H groups in total. The van der Waals surface area contributed by atoms with Gasteiger partial charge in [0.05, 0.1) is 11.6 Å². The van der Waals surface area contributed by atoms with Crippen molar-refractivity contribution in [2.24, 2.45) is 11.8 Å². The molecule has 0 amide bonds. The average molecular weight is 214 g/mol. The van der Waals surface area contributed by atoms with E-state index in [1.165, 1.54) is 19.3 Å². The van der Waals surface area contributed by atoms with Gasteiger partial charge in [-0.2, -0.15) is 0 Å². The Bertz CT molecular complexity index is 176. The molecule has 1 fully saturated rings. The average Bonchev–Trinajstić information content (AvgIpc) is 2.26. The topological polar surface area (TPSA) is 47.3 Å². The zero-order valence-corrected chi connectivity index (χ0v) is 10.4. The van der Waals surface area contributed by atoms with Gasteiger partial charge in [-0.3, -0.25) is 11.3 Å². The van der Waals surface area contributed by atoms with Crippen molar-refractivity contribution < 1.29 is 4.74 Å². The molecule has 0 aliphatic heterocycles. The molecule has 0 bridgehead atoms. The number of methoxy groups -OCH3 is 1. The van der Waals surface area contributed by atoms with Crippen molar-refractivity contribution in [3.05, 3.63) is 0 Å². The van der Waals surface area contributed by atoms with E-state index in [1.54, 1.807) is 0 Å². The normalized spacial score (nSPS) is 23.0. The van der Waals surface area contributed by atoms with E-state index in [2.05, 4.69) is 19.3 Å². The molecule has 1 rings (SSSR count). The van der Waals surface area contributed by atoms with Gasteiger partial charge in [-0.05, 0) is 25.2 Å². The lowest BCUT2D eigenvalue weighted by atomic mass is 9.77. The van der Waals surface area contributed by atoms with Crippen LogP contribution in [0.3, 0.4) is 0 Å². The standard InChI is InChI=1S/C12H26N2O/c1-10(2)9-11(14-13)12(15-3)7-5-4-6-8-12/h10-11,14H,4-9,13H2,1-3H3. The summed E-state index contributed by atoms with van der Waals surface area (Å²) in [6.07, 6.45) is 7.25. The number of ether oxygens (including phenoxy) is 1. The van der Waals surface area contributed by atoms with Crippen molar-refractivity contribution >= 4 is 0 Å². The van der Waals surface area contributed by atoms with Crippen LogP contribution in [0, 0.1) is 5.92 Å². The molecule has 0 aromatic carbocycles. The second kappa shape index (κ2) is 5.83. The Morgan fingerprint density at radius 1 is 1.27 bits per heavy atom. The molecule has 0 spiro atoms. The van der Waals surface area contributed by atoms with Crippen LogP contribution in [0.2, 0.25) is 0 Å². The van der Waals surface area contributed by atoms with Gasteiger partial charge in [0.2, 0.25) is 0 Å². The fourth-order valence-electron chi connectivity index (χ4n) is 2.75. The van der Waals surface area contributed by atoms with Gasteiger partial charge >= 0.3 is 0 Å². The van der Waals surface area contributed by atoms with Crippen molar-refractivity contribution in [3.63, 3.8) is 0 Å². The minimum atomic E-state index is -0.0166. The van der Waals surface area contributed by atoms with E-state index in [1.807, 2.05) is 7.11 Å². The summed E-state index contributed by atoms with van der Waals surface area (Å²) in [4.78, 5) is 0. The Morgan fingerprint density at radius 2 is 1.87 bits per heavy atom. The molecule has 1 aliphatic carbocycles. The van der Waals surface area contributed by atoms with Crippen molar-refractivity contribution in [1.82, 2.24) is 5.43 Å². The Kier molecular flexibility index (Phi) is 5.03. The zero-order valence-electron chi connectivity index (χ0n) is 10.4. The van der Waals surface area contributed by atoms with E-state index in [4.69, 9.17) is 10.6 Å². The molecule has 0 heterocycles. The molecule has 0 radical (unpaired) electrons. The highest BCUT2D eigenvalue weighted by Crippen LogP contribution is 2.35. The van der Waals surface area contributed by atoms with Crippen LogP contribution in [0.1, 0.15) is 52.4 Å². The van der Waals surface area contributed by atoms with Gasteiger partial charge in [-0.15, -0.1) is 0 Å². The summed E-state index contributed by atoms with van der Waals surface area (Å²) in [6, 6.07) is 0.294. The summed E-state index contributed by atoms with van der Waals surface area (Å²) in [5.41, 5.74) is 2.95. The fraction of sp³-hybridized carbons (Fsp3) is 1.00. The third-order valence-corrected chi connectivity index (χ3v) is 3.65. The molecule has 15 heavy (non-hydrogen) atoms. The SMILES string of the molecule is COC1(C(CC(C)C)NN)CCCCC1. The summed E-state index contributed by atoms with van der Waals surface area (Å²) in [7, 11) is 1.83. The quantitative estimate of drug-likeness (QED) is 0.545. The van der Waals surface area contributed by atoms with Crippen LogP contribution in [0.15, 0.2) is 0 Å². The van der Waals surface area contributed by atoms with Gasteiger partial charge in [0.25, 0.3) is 0 Å². The molecule has 1 aliphatic rings. The van der Waals surface area contributed by atoms with Gasteiger partial charge in [-0.25, -0.2) is 0 Å². The van der Waals surface area contributed by atoms with Gasteiger partial charge in [-0.1, -0.05) is 33.1 Å². The molecule has 1 saturated carbocycles. The van der Waals surface area contributed by atoms with Crippen LogP contribution in [-0.4, -0.2) is 18.8 Å². The molecule has 3 nitrogen and oxygen atoms in total. The first-order chi connectivity index (χ1) is 7.14. The molecule has 90 valence electrons. The smallest absolute Gasteiger partial charge is 0.0844 e. The molecule has 0 aromatic heterocycles. The van der Waals surface area contributed by atoms with E-state index in [-0.39, 0.29) is 5.60 Å². The second-order valence-corrected chi connectivity index (χ2v) is 5.18. The van der Waals surface area contributed by atoms with Crippen molar-refractivity contribution in [2.45, 2.75) is 64.0 Å². The van der Waals surface area contributed by atoms with Crippen molar-refractivity contribution in [3.8, 4) is 0 Å². The maximum absolute atomic E-state index is 5.79. The summed E-state index contributed by atoms with van der Waals surface area (Å²) < 4.78 is 5.79. The highest BCUT2D eigenvalue weighted by molar-refractivity contribution is 4.94. The third-order valence-electron chi connectivity index (χ3n) is 3.65. The molecule has 3 heteroatoms. The number of hydrogen-bond acceptors (Lipinski definition) is 3. The molecule has 0 aromatic rings. The lowest BCUT2D eigenvalue weighted by Crippen LogP contribution is -2.55. The monoisotopic (exact) mass is 214 g/mol. The van der Waals surface area contributed by atoms with Gasteiger partial charge in [0.1, 0.15) is 0 Å². The van der Waals surface area contributed by atoms with Gasteiger partial charge in [0.15, 0.2) is 0 Å². The van der Waals surface area contributed by atoms with E-state index in [0.717, 1.165) is 19.3 Å². The molecular weight excluding hydrogens is 188 g/mol. The Hall–Kier alpha value is -0.120. The molecule has 0 saturated heterocycles. The summed E-state index contributed by atoms with van der Waals surface area (Å²) in [5, 5.41) is 0. The summed E-state index contributed by atoms with van der Waals surface area (Å²) in [6.45, 7) is 4.47. The first kappa shape index (κ1) is 12.9. The van der Waals surface area contributed by atoms with Crippen LogP contribution in [0.25, 0.3) is 0 Å². The van der Waals surface area contributed by atoms with Crippen LogP contribution >= 0.6 is 0 Å². The molecule has 1 atom stereocenters. The Balaban J connectivity index is 2.67. The largest absolute Gasteiger partial charge is 0.377 e. The second-order valence-electron chi connectivity index (χ2n) is 5.18. The zero-order chi connectivity index (χ0) is 11.3. The maximum atomic E-state index is 5.79. The number of rotatable bonds is 5. The highest BCUT2D eigenvalue weighted by atomic mass is 16.5. The Labute approximate surface area is 93.7 Å². The van der Waals surface area contributed by atoms with E-state index < -0.39 is 0 Å². The first-order valence-electron chi connectivity index (χ1n) is 6.16. The van der Waals surface area contributed by atoms with Gasteiger partial charge < -0.3 is 4.74 Å². The summed E-state index contributed by atoms with van der Waals surface area (Å²) in [5.74, 6) is 6.34. The Morgan fingerprint density at radius 3 is 2.27 bits per heavy atom. The minimum absolute atomic E-state index is 0.0166. The summed E-state index contributed by atoms with van der Waals surface area (Å²) >= 11 is 0. The van der Waals surface area contributed by atoms with Gasteiger partial charge in [0, 0.05) is 7.11 Å². The van der Waals surface area contributed by atoms with Crippen LogP contribution < -0.4 is 11.3 Å². The van der Waals surface area contributed by atoms with Crippen LogP contribution in [0.4, 0.5) is 0 Å². The minimum Gasteiger partial charge on any atom is -0.377 e. The molecule has 1 unspecified atom stereocenters. The number of nitrogens with two attached hydrogens (primary N) is 1. The fourth-order valence-corrected chi connectivity index (χ4v) is 2.75. The van der Waals surface area contributed by atoms with Crippen LogP contribution in [-0.2, 0) is 4.74 Å².